The van der Waals surface area contributed by atoms with Gasteiger partial charge in [-0.1, -0.05) is 40.5 Å². The van der Waals surface area contributed by atoms with Crippen molar-refractivity contribution in [3.8, 4) is 0 Å². The van der Waals surface area contributed by atoms with Crippen molar-refractivity contribution in [2.24, 2.45) is 5.92 Å². The third-order valence-corrected chi connectivity index (χ3v) is 3.10. The summed E-state index contributed by atoms with van der Waals surface area (Å²) in [7, 11) is 0. The van der Waals surface area contributed by atoms with Gasteiger partial charge in [0, 0.05) is 12.1 Å². The molecule has 0 aromatic carbocycles. The van der Waals surface area contributed by atoms with Crippen molar-refractivity contribution in [1.82, 2.24) is 5.32 Å². The van der Waals surface area contributed by atoms with Crippen molar-refractivity contribution in [3.05, 3.63) is 0 Å². The van der Waals surface area contributed by atoms with E-state index in [9.17, 15) is 0 Å². The van der Waals surface area contributed by atoms with E-state index in [0.29, 0.717) is 6.04 Å². The topological polar surface area (TPSA) is 12.0 Å². The lowest BCUT2D eigenvalue weighted by atomic mass is 9.99. The molecule has 0 heterocycles. The van der Waals surface area contributed by atoms with E-state index in [1.807, 2.05) is 0 Å². The van der Waals surface area contributed by atoms with E-state index in [4.69, 9.17) is 0 Å². The lowest BCUT2D eigenvalue weighted by molar-refractivity contribution is 0.354. The molecule has 0 aromatic heterocycles. The molecule has 0 bridgehead atoms. The van der Waals surface area contributed by atoms with Gasteiger partial charge in [0.05, 0.1) is 0 Å². The Morgan fingerprint density at radius 3 is 2.07 bits per heavy atom. The van der Waals surface area contributed by atoms with Gasteiger partial charge in [-0.15, -0.1) is 0 Å². The Hall–Kier alpha value is -0.0400. The van der Waals surface area contributed by atoms with Gasteiger partial charge in [-0.25, -0.2) is 0 Å². The summed E-state index contributed by atoms with van der Waals surface area (Å²) >= 11 is 0. The lowest BCUT2D eigenvalue weighted by Crippen LogP contribution is -2.36. The van der Waals surface area contributed by atoms with Gasteiger partial charge in [0.15, 0.2) is 0 Å². The monoisotopic (exact) mass is 199 g/mol. The molecule has 0 fully saturated rings. The Labute approximate surface area is 90.7 Å². The van der Waals surface area contributed by atoms with Crippen LogP contribution in [0.25, 0.3) is 0 Å². The molecule has 0 aromatic rings. The molecule has 0 saturated heterocycles. The van der Waals surface area contributed by atoms with Gasteiger partial charge < -0.3 is 5.32 Å². The summed E-state index contributed by atoms with van der Waals surface area (Å²) in [6.45, 7) is 11.5. The van der Waals surface area contributed by atoms with Crippen molar-refractivity contribution in [2.45, 2.75) is 78.8 Å². The van der Waals surface area contributed by atoms with Gasteiger partial charge >= 0.3 is 0 Å². The first kappa shape index (κ1) is 14.0. The van der Waals surface area contributed by atoms with Crippen LogP contribution < -0.4 is 5.32 Å². The highest BCUT2D eigenvalue weighted by Crippen LogP contribution is 2.11. The Morgan fingerprint density at radius 1 is 1.00 bits per heavy atom. The summed E-state index contributed by atoms with van der Waals surface area (Å²) in [5, 5.41) is 3.73. The fraction of sp³-hybridized carbons (Fsp3) is 1.00. The third kappa shape index (κ3) is 6.42. The molecule has 0 radical (unpaired) electrons. The molecular formula is C13H29N. The van der Waals surface area contributed by atoms with Gasteiger partial charge in [0.25, 0.3) is 0 Å². The predicted molar refractivity (Wildman–Crippen MR) is 65.7 cm³/mol. The largest absolute Gasteiger partial charge is 0.312 e. The van der Waals surface area contributed by atoms with Crippen molar-refractivity contribution < 1.29 is 0 Å². The summed E-state index contributed by atoms with van der Waals surface area (Å²) in [6.07, 6.45) is 6.49. The zero-order chi connectivity index (χ0) is 11.0. The van der Waals surface area contributed by atoms with E-state index in [1.54, 1.807) is 0 Å². The maximum absolute atomic E-state index is 3.73. The summed E-state index contributed by atoms with van der Waals surface area (Å²) in [6, 6.07) is 1.42. The second-order valence-corrected chi connectivity index (χ2v) is 4.71. The van der Waals surface area contributed by atoms with Crippen LogP contribution in [0, 0.1) is 5.92 Å². The molecular weight excluding hydrogens is 170 g/mol. The molecule has 3 unspecified atom stereocenters. The van der Waals surface area contributed by atoms with Gasteiger partial charge in [0.1, 0.15) is 0 Å². The molecule has 0 rings (SSSR count). The molecule has 0 saturated carbocycles. The molecule has 0 spiro atoms. The second kappa shape index (κ2) is 8.28. The summed E-state index contributed by atoms with van der Waals surface area (Å²) in [4.78, 5) is 0. The van der Waals surface area contributed by atoms with Gasteiger partial charge in [0.2, 0.25) is 0 Å². The van der Waals surface area contributed by atoms with Crippen LogP contribution in [0.3, 0.4) is 0 Å². The first-order chi connectivity index (χ1) is 6.63. The van der Waals surface area contributed by atoms with E-state index in [1.165, 1.54) is 32.1 Å². The highest BCUT2D eigenvalue weighted by molar-refractivity contribution is 4.71. The molecule has 0 aliphatic rings. The number of hydrogen-bond acceptors (Lipinski definition) is 1. The van der Waals surface area contributed by atoms with Gasteiger partial charge in [-0.05, 0) is 32.1 Å². The van der Waals surface area contributed by atoms with Gasteiger partial charge in [-0.3, -0.25) is 0 Å². The van der Waals surface area contributed by atoms with Crippen LogP contribution in [0.2, 0.25) is 0 Å². The minimum absolute atomic E-state index is 0.682. The normalized spacial score (nSPS) is 17.8. The van der Waals surface area contributed by atoms with Crippen molar-refractivity contribution in [1.29, 1.82) is 0 Å². The van der Waals surface area contributed by atoms with E-state index in [2.05, 4.69) is 39.9 Å². The maximum atomic E-state index is 3.73. The SMILES string of the molecule is CCCC(CC)NC(C)CC(C)CC. The molecule has 1 heteroatoms. The highest BCUT2D eigenvalue weighted by atomic mass is 14.9. The average Bonchev–Trinajstić information content (AvgIpc) is 2.16. The van der Waals surface area contributed by atoms with E-state index >= 15 is 0 Å². The Morgan fingerprint density at radius 2 is 1.64 bits per heavy atom. The van der Waals surface area contributed by atoms with Crippen molar-refractivity contribution in [3.63, 3.8) is 0 Å². The number of nitrogens with one attached hydrogen (secondary N) is 1. The van der Waals surface area contributed by atoms with Crippen LogP contribution in [-0.2, 0) is 0 Å². The zero-order valence-corrected chi connectivity index (χ0v) is 10.8. The lowest BCUT2D eigenvalue weighted by Gasteiger charge is -2.23. The Bertz CT molecular complexity index is 122. The molecule has 1 nitrogen and oxygen atoms in total. The van der Waals surface area contributed by atoms with Crippen LogP contribution in [0.1, 0.15) is 66.7 Å². The quantitative estimate of drug-likeness (QED) is 0.623. The minimum Gasteiger partial charge on any atom is -0.312 e. The molecule has 3 atom stereocenters. The van der Waals surface area contributed by atoms with Crippen molar-refractivity contribution >= 4 is 0 Å². The zero-order valence-electron chi connectivity index (χ0n) is 10.8. The summed E-state index contributed by atoms with van der Waals surface area (Å²) in [5.41, 5.74) is 0. The van der Waals surface area contributed by atoms with Crippen molar-refractivity contribution in [2.75, 3.05) is 0 Å². The first-order valence-corrected chi connectivity index (χ1v) is 6.39. The standard InChI is InChI=1S/C13H29N/c1-6-9-13(8-3)14-12(5)10-11(4)7-2/h11-14H,6-10H2,1-5H3. The van der Waals surface area contributed by atoms with E-state index in [-0.39, 0.29) is 0 Å². The van der Waals surface area contributed by atoms with Crippen LogP contribution >= 0.6 is 0 Å². The fourth-order valence-electron chi connectivity index (χ4n) is 1.99. The third-order valence-electron chi connectivity index (χ3n) is 3.10. The molecule has 0 aliphatic carbocycles. The van der Waals surface area contributed by atoms with E-state index in [0.717, 1.165) is 12.0 Å². The number of rotatable bonds is 8. The van der Waals surface area contributed by atoms with Crippen LogP contribution in [0.5, 0.6) is 0 Å². The predicted octanol–water partition coefficient (Wildman–Crippen LogP) is 3.98. The smallest absolute Gasteiger partial charge is 0.00668 e. The Balaban J connectivity index is 3.71. The molecule has 14 heavy (non-hydrogen) atoms. The first-order valence-electron chi connectivity index (χ1n) is 6.39. The average molecular weight is 199 g/mol. The molecule has 86 valence electrons. The molecule has 1 N–H and O–H groups in total. The van der Waals surface area contributed by atoms with E-state index < -0.39 is 0 Å². The number of hydrogen-bond donors (Lipinski definition) is 1. The molecule has 0 amide bonds. The Kier molecular flexibility index (Phi) is 8.26. The summed E-state index contributed by atoms with van der Waals surface area (Å²) < 4.78 is 0. The van der Waals surface area contributed by atoms with Crippen LogP contribution in [-0.4, -0.2) is 12.1 Å². The molecule has 0 aliphatic heterocycles. The van der Waals surface area contributed by atoms with Crippen LogP contribution in [0.15, 0.2) is 0 Å². The van der Waals surface area contributed by atoms with Crippen LogP contribution in [0.4, 0.5) is 0 Å². The summed E-state index contributed by atoms with van der Waals surface area (Å²) in [5.74, 6) is 0.858. The highest BCUT2D eigenvalue weighted by Gasteiger charge is 2.11. The van der Waals surface area contributed by atoms with Gasteiger partial charge in [-0.2, -0.15) is 0 Å². The minimum atomic E-state index is 0.682. The second-order valence-electron chi connectivity index (χ2n) is 4.71. The fourth-order valence-corrected chi connectivity index (χ4v) is 1.99. The maximum Gasteiger partial charge on any atom is 0.00668 e.